The van der Waals surface area contributed by atoms with E-state index in [-0.39, 0.29) is 5.91 Å². The van der Waals surface area contributed by atoms with Gasteiger partial charge in [-0.1, -0.05) is 37.8 Å². The van der Waals surface area contributed by atoms with Crippen LogP contribution in [-0.4, -0.2) is 19.1 Å². The highest BCUT2D eigenvalue weighted by atomic mass is 16.5. The first-order valence-corrected chi connectivity index (χ1v) is 7.18. The molecule has 0 unspecified atom stereocenters. The summed E-state index contributed by atoms with van der Waals surface area (Å²) in [4.78, 5) is 12.2. The second-order valence-electron chi connectivity index (χ2n) is 5.30. The highest BCUT2D eigenvalue weighted by molar-refractivity contribution is 5.94. The molecule has 104 valence electrons. The van der Waals surface area contributed by atoms with E-state index in [4.69, 9.17) is 4.74 Å². The van der Waals surface area contributed by atoms with Gasteiger partial charge in [-0.05, 0) is 30.5 Å². The third-order valence-corrected chi connectivity index (χ3v) is 3.69. The molecule has 0 aliphatic heterocycles. The van der Waals surface area contributed by atoms with Crippen molar-refractivity contribution in [2.45, 2.75) is 51.2 Å². The molecule has 1 saturated carbocycles. The normalized spacial score (nSPS) is 16.9. The van der Waals surface area contributed by atoms with Crippen LogP contribution < -0.4 is 5.32 Å². The van der Waals surface area contributed by atoms with Gasteiger partial charge < -0.3 is 10.1 Å². The molecule has 1 N–H and O–H groups in total. The molecule has 1 amide bonds. The number of carbonyl (C=O) groups excluding carboxylic acids is 1. The molecule has 1 aromatic rings. The second-order valence-corrected chi connectivity index (χ2v) is 5.30. The van der Waals surface area contributed by atoms with Crippen molar-refractivity contribution in [2.75, 3.05) is 7.11 Å². The Hall–Kier alpha value is -1.35. The maximum absolute atomic E-state index is 12.2. The van der Waals surface area contributed by atoms with E-state index in [1.165, 1.54) is 25.7 Å². The molecule has 3 nitrogen and oxygen atoms in total. The maximum atomic E-state index is 12.2. The largest absolute Gasteiger partial charge is 0.380 e. The van der Waals surface area contributed by atoms with Gasteiger partial charge in [-0.3, -0.25) is 4.79 Å². The van der Waals surface area contributed by atoms with Crippen LogP contribution in [-0.2, 0) is 11.3 Å². The fraction of sp³-hybridized carbons (Fsp3) is 0.562. The average Bonchev–Trinajstić information content (AvgIpc) is 2.68. The second kappa shape index (κ2) is 7.29. The van der Waals surface area contributed by atoms with Crippen molar-refractivity contribution in [1.29, 1.82) is 0 Å². The number of methoxy groups -OCH3 is 1. The van der Waals surface area contributed by atoms with E-state index < -0.39 is 0 Å². The standard InChI is InChI=1S/C16H23NO2/c1-19-12-13-7-6-8-14(11-13)16(18)17-15-9-4-2-3-5-10-15/h6-8,11,15H,2-5,9-10,12H2,1H3,(H,17,18). The lowest BCUT2D eigenvalue weighted by Gasteiger charge is -2.16. The van der Waals surface area contributed by atoms with Crippen molar-refractivity contribution in [3.63, 3.8) is 0 Å². The van der Waals surface area contributed by atoms with Crippen molar-refractivity contribution < 1.29 is 9.53 Å². The van der Waals surface area contributed by atoms with Gasteiger partial charge in [0.15, 0.2) is 0 Å². The third kappa shape index (κ3) is 4.35. The molecule has 0 heterocycles. The van der Waals surface area contributed by atoms with Crippen molar-refractivity contribution in [3.8, 4) is 0 Å². The van der Waals surface area contributed by atoms with Crippen LogP contribution in [0.15, 0.2) is 24.3 Å². The Bertz CT molecular complexity index is 409. The highest BCUT2D eigenvalue weighted by Crippen LogP contribution is 2.17. The summed E-state index contributed by atoms with van der Waals surface area (Å²) in [6.45, 7) is 0.546. The van der Waals surface area contributed by atoms with Crippen molar-refractivity contribution in [1.82, 2.24) is 5.32 Å². The van der Waals surface area contributed by atoms with E-state index in [0.29, 0.717) is 12.6 Å². The van der Waals surface area contributed by atoms with Gasteiger partial charge in [-0.2, -0.15) is 0 Å². The molecule has 1 aliphatic carbocycles. The SMILES string of the molecule is COCc1cccc(C(=O)NC2CCCCCC2)c1. The smallest absolute Gasteiger partial charge is 0.251 e. The molecule has 1 aliphatic rings. The molecule has 0 spiro atoms. The van der Waals surface area contributed by atoms with Crippen molar-refractivity contribution in [3.05, 3.63) is 35.4 Å². The molecular weight excluding hydrogens is 238 g/mol. The molecule has 0 radical (unpaired) electrons. The quantitative estimate of drug-likeness (QED) is 0.845. The fourth-order valence-electron chi connectivity index (χ4n) is 2.66. The van der Waals surface area contributed by atoms with E-state index in [9.17, 15) is 4.79 Å². The summed E-state index contributed by atoms with van der Waals surface area (Å²) in [5.41, 5.74) is 1.77. The number of hydrogen-bond acceptors (Lipinski definition) is 2. The number of nitrogens with one attached hydrogen (secondary N) is 1. The number of carbonyl (C=O) groups is 1. The zero-order chi connectivity index (χ0) is 13.5. The molecule has 19 heavy (non-hydrogen) atoms. The molecule has 0 aromatic heterocycles. The lowest BCUT2D eigenvalue weighted by atomic mass is 10.1. The van der Waals surface area contributed by atoms with Crippen LogP contribution in [0.3, 0.4) is 0 Å². The van der Waals surface area contributed by atoms with Crippen molar-refractivity contribution in [2.24, 2.45) is 0 Å². The predicted octanol–water partition coefficient (Wildman–Crippen LogP) is 3.29. The number of benzene rings is 1. The minimum Gasteiger partial charge on any atom is -0.380 e. The minimum absolute atomic E-state index is 0.0462. The van der Waals surface area contributed by atoms with E-state index in [0.717, 1.165) is 24.0 Å². The first kappa shape index (κ1) is 14.1. The monoisotopic (exact) mass is 261 g/mol. The molecule has 2 rings (SSSR count). The number of hydrogen-bond donors (Lipinski definition) is 1. The average molecular weight is 261 g/mol. The summed E-state index contributed by atoms with van der Waals surface area (Å²) in [6.07, 6.45) is 7.29. The van der Waals surface area contributed by atoms with E-state index >= 15 is 0 Å². The number of ether oxygens (including phenoxy) is 1. The van der Waals surface area contributed by atoms with Gasteiger partial charge in [-0.15, -0.1) is 0 Å². The predicted molar refractivity (Wildman–Crippen MR) is 76.1 cm³/mol. The van der Waals surface area contributed by atoms with Gasteiger partial charge in [0.2, 0.25) is 0 Å². The van der Waals surface area contributed by atoms with E-state index in [1.807, 2.05) is 24.3 Å². The Balaban J connectivity index is 1.96. The van der Waals surface area contributed by atoms with Gasteiger partial charge >= 0.3 is 0 Å². The number of amides is 1. The third-order valence-electron chi connectivity index (χ3n) is 3.69. The molecule has 0 saturated heterocycles. The first-order chi connectivity index (χ1) is 9.29. The van der Waals surface area contributed by atoms with Crippen LogP contribution in [0.1, 0.15) is 54.4 Å². The van der Waals surface area contributed by atoms with Crippen LogP contribution in [0.25, 0.3) is 0 Å². The maximum Gasteiger partial charge on any atom is 0.251 e. The van der Waals surface area contributed by atoms with Gasteiger partial charge in [0.1, 0.15) is 0 Å². The minimum atomic E-state index is 0.0462. The van der Waals surface area contributed by atoms with Gasteiger partial charge in [-0.25, -0.2) is 0 Å². The molecular formula is C16H23NO2. The summed E-state index contributed by atoms with van der Waals surface area (Å²) in [5.74, 6) is 0.0462. The molecule has 0 atom stereocenters. The summed E-state index contributed by atoms with van der Waals surface area (Å²) >= 11 is 0. The highest BCUT2D eigenvalue weighted by Gasteiger charge is 2.15. The van der Waals surface area contributed by atoms with Gasteiger partial charge in [0.05, 0.1) is 6.61 Å². The topological polar surface area (TPSA) is 38.3 Å². The fourth-order valence-corrected chi connectivity index (χ4v) is 2.66. The van der Waals surface area contributed by atoms with Crippen LogP contribution in [0, 0.1) is 0 Å². The number of rotatable bonds is 4. The first-order valence-electron chi connectivity index (χ1n) is 7.18. The van der Waals surface area contributed by atoms with E-state index in [2.05, 4.69) is 5.32 Å². The summed E-state index contributed by atoms with van der Waals surface area (Å²) in [6, 6.07) is 8.02. The Morgan fingerprint density at radius 2 is 2.00 bits per heavy atom. The summed E-state index contributed by atoms with van der Waals surface area (Å²) < 4.78 is 5.10. The lowest BCUT2D eigenvalue weighted by molar-refractivity contribution is 0.0933. The van der Waals surface area contributed by atoms with Gasteiger partial charge in [0.25, 0.3) is 5.91 Å². The van der Waals surface area contributed by atoms with Crippen LogP contribution in [0.5, 0.6) is 0 Å². The zero-order valence-electron chi connectivity index (χ0n) is 11.7. The van der Waals surface area contributed by atoms with Crippen LogP contribution in [0.4, 0.5) is 0 Å². The Labute approximate surface area is 115 Å². The molecule has 3 heteroatoms. The van der Waals surface area contributed by atoms with Gasteiger partial charge in [0, 0.05) is 18.7 Å². The Kier molecular flexibility index (Phi) is 5.40. The summed E-state index contributed by atoms with van der Waals surface area (Å²) in [5, 5.41) is 3.16. The van der Waals surface area contributed by atoms with Crippen molar-refractivity contribution >= 4 is 5.91 Å². The Morgan fingerprint density at radius 1 is 1.26 bits per heavy atom. The van der Waals surface area contributed by atoms with Crippen LogP contribution in [0.2, 0.25) is 0 Å². The Morgan fingerprint density at radius 3 is 2.68 bits per heavy atom. The zero-order valence-corrected chi connectivity index (χ0v) is 11.7. The van der Waals surface area contributed by atoms with Crippen LogP contribution >= 0.6 is 0 Å². The summed E-state index contributed by atoms with van der Waals surface area (Å²) in [7, 11) is 1.66. The molecule has 1 fully saturated rings. The lowest BCUT2D eigenvalue weighted by Crippen LogP contribution is -2.34. The van der Waals surface area contributed by atoms with E-state index in [1.54, 1.807) is 7.11 Å². The molecule has 0 bridgehead atoms. The molecule has 1 aromatic carbocycles.